The number of hydrogen-bond donors (Lipinski definition) is 3. The van der Waals surface area contributed by atoms with Crippen LogP contribution in [-0.2, 0) is 0 Å². The van der Waals surface area contributed by atoms with E-state index in [4.69, 9.17) is 15.6 Å². The number of benzene rings is 2. The predicted octanol–water partition coefficient (Wildman–Crippen LogP) is 1.88. The molecule has 0 aliphatic heterocycles. The molecule has 3 N–H and O–H groups in total. The van der Waals surface area contributed by atoms with Gasteiger partial charge in [-0.15, -0.1) is 0 Å². The van der Waals surface area contributed by atoms with Gasteiger partial charge < -0.3 is 29.5 Å². The van der Waals surface area contributed by atoms with Crippen molar-refractivity contribution in [3.63, 3.8) is 0 Å². The highest BCUT2D eigenvalue weighted by Gasteiger charge is 2.24. The minimum atomic E-state index is -2.28. The number of para-hydroxylation sites is 2. The highest BCUT2D eigenvalue weighted by atomic mass is 16.5. The van der Waals surface area contributed by atoms with Crippen LogP contribution in [0.1, 0.15) is 13.0 Å². The van der Waals surface area contributed by atoms with Crippen LogP contribution < -0.4 is 14.2 Å². The van der Waals surface area contributed by atoms with Gasteiger partial charge in [-0.05, 0) is 29.8 Å². The van der Waals surface area contributed by atoms with Crippen LogP contribution >= 0.6 is 0 Å². The maximum Gasteiger partial charge on any atom is 0.161 e. The van der Waals surface area contributed by atoms with Crippen molar-refractivity contribution in [2.24, 2.45) is 0 Å². The van der Waals surface area contributed by atoms with Crippen LogP contribution in [0.15, 0.2) is 42.5 Å². The van der Waals surface area contributed by atoms with E-state index in [9.17, 15) is 15.3 Å². The van der Waals surface area contributed by atoms with Crippen LogP contribution in [0.2, 0.25) is 0 Å². The number of aliphatic hydroxyl groups is 2. The molecule has 2 atom stereocenters. The van der Waals surface area contributed by atoms with Crippen LogP contribution in [0.25, 0.3) is 0 Å². The lowest BCUT2D eigenvalue weighted by Crippen LogP contribution is -2.29. The van der Waals surface area contributed by atoms with Gasteiger partial charge in [0.15, 0.2) is 29.1 Å². The fraction of sp³-hybridized carbons (Fsp3) is 0.294. The Bertz CT molecular complexity index is 689. The van der Waals surface area contributed by atoms with Crippen LogP contribution in [0.3, 0.4) is 0 Å². The second-order valence-corrected chi connectivity index (χ2v) is 4.71. The Kier molecular flexibility index (Phi) is 5.18. The molecule has 2 aromatic rings. The van der Waals surface area contributed by atoms with E-state index >= 15 is 0 Å². The maximum absolute atomic E-state index is 10.6. The molecule has 23 heavy (non-hydrogen) atoms. The minimum absolute atomic E-state index is 0.103. The number of ether oxygens (including phenoxy) is 3. The first kappa shape index (κ1) is 15.5. The van der Waals surface area contributed by atoms with Gasteiger partial charge in [0.1, 0.15) is 6.08 Å². The third-order valence-electron chi connectivity index (χ3n) is 3.28. The first-order valence-electron chi connectivity index (χ1n) is 7.44. The van der Waals surface area contributed by atoms with Crippen molar-refractivity contribution in [3.8, 4) is 23.0 Å². The Hall–Kier alpha value is -2.44. The summed E-state index contributed by atoms with van der Waals surface area (Å²) in [6.07, 6.45) is -3.57. The van der Waals surface area contributed by atoms with Gasteiger partial charge in [0, 0.05) is 0 Å². The lowest BCUT2D eigenvalue weighted by atomic mass is 10.0. The second-order valence-electron chi connectivity index (χ2n) is 4.71. The van der Waals surface area contributed by atoms with E-state index in [1.54, 1.807) is 24.3 Å². The van der Waals surface area contributed by atoms with E-state index in [-0.39, 0.29) is 22.8 Å². The van der Waals surface area contributed by atoms with Gasteiger partial charge in [-0.2, -0.15) is 0 Å². The van der Waals surface area contributed by atoms with Gasteiger partial charge in [0.2, 0.25) is 0 Å². The molecule has 6 heteroatoms. The van der Waals surface area contributed by atoms with Crippen LogP contribution in [0.4, 0.5) is 0 Å². The van der Waals surface area contributed by atoms with E-state index in [1.165, 1.54) is 32.4 Å². The zero-order chi connectivity index (χ0) is 17.7. The molecule has 0 spiro atoms. The smallest absolute Gasteiger partial charge is 0.161 e. The number of phenolic OH excluding ortho intramolecular Hbond substituents is 1. The first-order chi connectivity index (χ1) is 11.4. The zero-order valence-electron chi connectivity index (χ0n) is 13.9. The van der Waals surface area contributed by atoms with Gasteiger partial charge in [0.05, 0.1) is 22.2 Å². The molecule has 124 valence electrons. The maximum atomic E-state index is 10.6. The molecule has 0 amide bonds. The Balaban J connectivity index is 2.34. The summed E-state index contributed by atoms with van der Waals surface area (Å²) in [4.78, 5) is 0. The van der Waals surface area contributed by atoms with E-state index in [1.807, 2.05) is 0 Å². The van der Waals surface area contributed by atoms with Gasteiger partial charge >= 0.3 is 0 Å². The molecule has 0 aliphatic carbocycles. The third-order valence-corrected chi connectivity index (χ3v) is 3.28. The molecule has 2 rings (SSSR count). The molecule has 2 aromatic carbocycles. The van der Waals surface area contributed by atoms with E-state index in [0.717, 1.165) is 0 Å². The average molecular weight is 321 g/mol. The summed E-state index contributed by atoms with van der Waals surface area (Å²) in [6.45, 7) is -0.610. The van der Waals surface area contributed by atoms with Crippen LogP contribution in [-0.4, -0.2) is 42.3 Å². The van der Waals surface area contributed by atoms with Gasteiger partial charge in [-0.3, -0.25) is 0 Å². The lowest BCUT2D eigenvalue weighted by Gasteiger charge is -2.24. The summed E-state index contributed by atoms with van der Waals surface area (Å²) < 4.78 is 24.0. The molecule has 6 nitrogen and oxygen atoms in total. The van der Waals surface area contributed by atoms with Crippen molar-refractivity contribution < 1.29 is 30.9 Å². The van der Waals surface area contributed by atoms with Crippen molar-refractivity contribution >= 4 is 0 Å². The summed E-state index contributed by atoms with van der Waals surface area (Å²) in [5.41, 5.74) is 0.103. The summed E-state index contributed by atoms with van der Waals surface area (Å²) >= 11 is 0. The normalized spacial score (nSPS) is 15.2. The standard InChI is InChI=1S/C17H20O6/c1-21-13-5-3-4-6-14(13)23-16(10-18)17(20)11-7-8-12(19)15(9-11)22-2/h3-9,16-20H,10H2,1-2H3/i17D. The molecule has 0 aromatic heterocycles. The Morgan fingerprint density at radius 3 is 2.30 bits per heavy atom. The summed E-state index contributed by atoms with van der Waals surface area (Å²) in [5.74, 6) is 0.681. The topological polar surface area (TPSA) is 88.4 Å². The van der Waals surface area contributed by atoms with E-state index < -0.39 is 18.8 Å². The fourth-order valence-corrected chi connectivity index (χ4v) is 2.07. The number of phenols is 1. The largest absolute Gasteiger partial charge is 0.504 e. The minimum Gasteiger partial charge on any atom is -0.504 e. The van der Waals surface area contributed by atoms with Gasteiger partial charge in [-0.25, -0.2) is 0 Å². The number of hydrogen-bond acceptors (Lipinski definition) is 6. The highest BCUT2D eigenvalue weighted by molar-refractivity contribution is 5.43. The molecule has 0 saturated carbocycles. The van der Waals surface area contributed by atoms with Crippen molar-refractivity contribution in [2.45, 2.75) is 12.2 Å². The van der Waals surface area contributed by atoms with Crippen LogP contribution in [0, 0.1) is 0 Å². The molecule has 0 saturated heterocycles. The molecule has 0 bridgehead atoms. The molecule has 0 heterocycles. The highest BCUT2D eigenvalue weighted by Crippen LogP contribution is 2.33. The quantitative estimate of drug-likeness (QED) is 0.722. The summed E-state index contributed by atoms with van der Waals surface area (Å²) in [5, 5.41) is 29.8. The first-order valence-corrected chi connectivity index (χ1v) is 6.94. The monoisotopic (exact) mass is 321 g/mol. The molecular formula is C17H20O6. The Labute approximate surface area is 135 Å². The summed E-state index contributed by atoms with van der Waals surface area (Å²) in [6, 6.07) is 10.7. The zero-order valence-corrected chi connectivity index (χ0v) is 12.9. The second kappa shape index (κ2) is 7.71. The molecule has 0 aliphatic rings. The van der Waals surface area contributed by atoms with Gasteiger partial charge in [-0.1, -0.05) is 18.2 Å². The fourth-order valence-electron chi connectivity index (χ4n) is 2.07. The van der Waals surface area contributed by atoms with Crippen molar-refractivity contribution in [2.75, 3.05) is 20.8 Å². The number of rotatable bonds is 7. The van der Waals surface area contributed by atoms with E-state index in [2.05, 4.69) is 0 Å². The lowest BCUT2D eigenvalue weighted by molar-refractivity contribution is -0.000512. The van der Waals surface area contributed by atoms with Crippen molar-refractivity contribution in [1.82, 2.24) is 0 Å². The molecule has 2 unspecified atom stereocenters. The Morgan fingerprint density at radius 2 is 1.70 bits per heavy atom. The van der Waals surface area contributed by atoms with Crippen molar-refractivity contribution in [1.29, 1.82) is 0 Å². The molecular weight excluding hydrogens is 300 g/mol. The number of aliphatic hydroxyl groups excluding tert-OH is 1. The van der Waals surface area contributed by atoms with Crippen LogP contribution in [0.5, 0.6) is 23.0 Å². The average Bonchev–Trinajstić information content (AvgIpc) is 2.59. The van der Waals surface area contributed by atoms with Crippen molar-refractivity contribution in [3.05, 3.63) is 48.0 Å². The van der Waals surface area contributed by atoms with Gasteiger partial charge in [0.25, 0.3) is 0 Å². The van der Waals surface area contributed by atoms with E-state index in [0.29, 0.717) is 5.75 Å². The predicted molar refractivity (Wildman–Crippen MR) is 84.1 cm³/mol. The number of methoxy groups -OCH3 is 2. The third kappa shape index (κ3) is 3.85. The Morgan fingerprint density at radius 1 is 1.04 bits per heavy atom. The molecule has 0 radical (unpaired) electrons. The molecule has 0 fully saturated rings. The number of aromatic hydroxyl groups is 1. The summed E-state index contributed by atoms with van der Waals surface area (Å²) in [7, 11) is 2.82. The SMILES string of the molecule is [2H]C(O)(c1ccc(O)c(OC)c1)C(CO)Oc1ccccc1OC.